The maximum Gasteiger partial charge on any atom is 0.338 e. The van der Waals surface area contributed by atoms with Gasteiger partial charge in [-0.15, -0.1) is 0 Å². The Kier molecular flexibility index (Phi) is 5.24. The maximum atomic E-state index is 13.4. The molecular formula is C16H14FNO5. The molecule has 0 aliphatic carbocycles. The molecular weight excluding hydrogens is 305 g/mol. The van der Waals surface area contributed by atoms with Crippen LogP contribution in [0.5, 0.6) is 5.75 Å². The predicted molar refractivity (Wildman–Crippen MR) is 80.0 cm³/mol. The van der Waals surface area contributed by atoms with Gasteiger partial charge in [0.2, 0.25) is 5.82 Å². The van der Waals surface area contributed by atoms with Gasteiger partial charge in [-0.1, -0.05) is 12.1 Å². The Morgan fingerprint density at radius 2 is 2.00 bits per heavy atom. The van der Waals surface area contributed by atoms with Crippen molar-refractivity contribution in [2.75, 3.05) is 13.2 Å². The average molecular weight is 319 g/mol. The van der Waals surface area contributed by atoms with Crippen molar-refractivity contribution < 1.29 is 23.6 Å². The third-order valence-corrected chi connectivity index (χ3v) is 2.95. The molecule has 0 fully saturated rings. The first-order valence-corrected chi connectivity index (χ1v) is 6.78. The van der Waals surface area contributed by atoms with E-state index in [1.165, 1.54) is 0 Å². The number of nitro groups is 1. The Bertz CT molecular complexity index is 732. The van der Waals surface area contributed by atoms with Gasteiger partial charge in [-0.25, -0.2) is 4.79 Å². The van der Waals surface area contributed by atoms with Gasteiger partial charge in [0.25, 0.3) is 0 Å². The van der Waals surface area contributed by atoms with Gasteiger partial charge in [0.1, 0.15) is 19.0 Å². The number of nitro benzene ring substituents is 1. The zero-order chi connectivity index (χ0) is 16.8. The van der Waals surface area contributed by atoms with Crippen LogP contribution in [0.15, 0.2) is 42.5 Å². The lowest BCUT2D eigenvalue weighted by molar-refractivity contribution is -0.387. The zero-order valence-corrected chi connectivity index (χ0v) is 12.3. The van der Waals surface area contributed by atoms with E-state index in [-0.39, 0.29) is 18.8 Å². The van der Waals surface area contributed by atoms with E-state index in [1.807, 2.05) is 25.1 Å². The second kappa shape index (κ2) is 7.35. The summed E-state index contributed by atoms with van der Waals surface area (Å²) in [7, 11) is 0. The van der Waals surface area contributed by atoms with E-state index in [9.17, 15) is 19.3 Å². The third-order valence-electron chi connectivity index (χ3n) is 2.95. The van der Waals surface area contributed by atoms with Crippen LogP contribution in [0.4, 0.5) is 10.1 Å². The predicted octanol–water partition coefficient (Wildman–Crippen LogP) is 3.28. The van der Waals surface area contributed by atoms with E-state index in [4.69, 9.17) is 9.47 Å². The van der Waals surface area contributed by atoms with Crippen LogP contribution in [-0.2, 0) is 4.74 Å². The first-order valence-electron chi connectivity index (χ1n) is 6.78. The van der Waals surface area contributed by atoms with Crippen LogP contribution in [0, 0.1) is 22.9 Å². The number of hydrogen-bond donors (Lipinski definition) is 0. The summed E-state index contributed by atoms with van der Waals surface area (Å²) < 4.78 is 23.8. The summed E-state index contributed by atoms with van der Waals surface area (Å²) in [6, 6.07) is 10.2. The molecule has 0 saturated heterocycles. The standard InChI is InChI=1S/C16H14FNO5/c1-11-3-2-4-13(9-11)22-7-8-23-16(19)12-5-6-15(18(20)21)14(17)10-12/h2-6,9-10H,7-8H2,1H3. The molecule has 0 bridgehead atoms. The fourth-order valence-corrected chi connectivity index (χ4v) is 1.86. The summed E-state index contributed by atoms with van der Waals surface area (Å²) >= 11 is 0. The highest BCUT2D eigenvalue weighted by Crippen LogP contribution is 2.18. The van der Waals surface area contributed by atoms with Crippen molar-refractivity contribution in [3.8, 4) is 5.75 Å². The third kappa shape index (κ3) is 4.50. The van der Waals surface area contributed by atoms with Crippen molar-refractivity contribution in [2.45, 2.75) is 6.92 Å². The van der Waals surface area contributed by atoms with Crippen LogP contribution in [-0.4, -0.2) is 24.1 Å². The smallest absolute Gasteiger partial charge is 0.338 e. The molecule has 0 aliphatic heterocycles. The molecule has 0 aliphatic rings. The average Bonchev–Trinajstić information content (AvgIpc) is 2.51. The molecule has 0 atom stereocenters. The number of aryl methyl sites for hydroxylation is 1. The molecule has 2 aromatic carbocycles. The van der Waals surface area contributed by atoms with E-state index in [1.54, 1.807) is 6.07 Å². The zero-order valence-electron chi connectivity index (χ0n) is 12.3. The molecule has 0 amide bonds. The van der Waals surface area contributed by atoms with Crippen molar-refractivity contribution in [3.63, 3.8) is 0 Å². The van der Waals surface area contributed by atoms with Crippen LogP contribution in [0.1, 0.15) is 15.9 Å². The monoisotopic (exact) mass is 319 g/mol. The van der Waals surface area contributed by atoms with Crippen molar-refractivity contribution in [3.05, 3.63) is 69.5 Å². The molecule has 0 N–H and O–H groups in total. The van der Waals surface area contributed by atoms with Gasteiger partial charge >= 0.3 is 11.7 Å². The van der Waals surface area contributed by atoms with Crippen molar-refractivity contribution in [1.82, 2.24) is 0 Å². The molecule has 0 unspecified atom stereocenters. The molecule has 0 spiro atoms. The second-order valence-corrected chi connectivity index (χ2v) is 4.72. The van der Waals surface area contributed by atoms with E-state index in [0.717, 1.165) is 23.8 Å². The van der Waals surface area contributed by atoms with Gasteiger partial charge in [-0.05, 0) is 36.8 Å². The molecule has 0 aromatic heterocycles. The van der Waals surface area contributed by atoms with E-state index in [0.29, 0.717) is 5.75 Å². The van der Waals surface area contributed by atoms with Crippen LogP contribution in [0.2, 0.25) is 0 Å². The van der Waals surface area contributed by atoms with Gasteiger partial charge in [0.15, 0.2) is 0 Å². The number of nitrogens with zero attached hydrogens (tertiary/aromatic N) is 1. The van der Waals surface area contributed by atoms with Gasteiger partial charge in [0.05, 0.1) is 10.5 Å². The number of carbonyl (C=O) groups is 1. The summed E-state index contributed by atoms with van der Waals surface area (Å²) in [5.74, 6) is -1.20. The highest BCUT2D eigenvalue weighted by molar-refractivity contribution is 5.89. The number of carbonyl (C=O) groups excluding carboxylic acids is 1. The largest absolute Gasteiger partial charge is 0.490 e. The Morgan fingerprint density at radius 1 is 1.22 bits per heavy atom. The Balaban J connectivity index is 1.85. The number of halogens is 1. The molecule has 0 heterocycles. The quantitative estimate of drug-likeness (QED) is 0.353. The Morgan fingerprint density at radius 3 is 2.65 bits per heavy atom. The summed E-state index contributed by atoms with van der Waals surface area (Å²) in [5, 5.41) is 10.5. The highest BCUT2D eigenvalue weighted by atomic mass is 19.1. The first kappa shape index (κ1) is 16.4. The minimum Gasteiger partial charge on any atom is -0.490 e. The van der Waals surface area contributed by atoms with Gasteiger partial charge < -0.3 is 9.47 Å². The van der Waals surface area contributed by atoms with E-state index >= 15 is 0 Å². The van der Waals surface area contributed by atoms with Gasteiger partial charge in [-0.3, -0.25) is 10.1 Å². The number of esters is 1. The van der Waals surface area contributed by atoms with Crippen LogP contribution in [0.3, 0.4) is 0 Å². The summed E-state index contributed by atoms with van der Waals surface area (Å²) in [5.41, 5.74) is 0.258. The number of ether oxygens (including phenoxy) is 2. The summed E-state index contributed by atoms with van der Waals surface area (Å²) in [6.07, 6.45) is 0. The topological polar surface area (TPSA) is 78.7 Å². The molecule has 6 nitrogen and oxygen atoms in total. The normalized spacial score (nSPS) is 10.2. The lowest BCUT2D eigenvalue weighted by Crippen LogP contribution is -2.12. The fraction of sp³-hybridized carbons (Fsp3) is 0.188. The molecule has 2 aromatic rings. The minimum atomic E-state index is -1.08. The molecule has 0 saturated carbocycles. The first-order chi connectivity index (χ1) is 11.0. The number of hydrogen-bond acceptors (Lipinski definition) is 5. The lowest BCUT2D eigenvalue weighted by Gasteiger charge is -2.08. The Hall–Kier alpha value is -2.96. The molecule has 7 heteroatoms. The van der Waals surface area contributed by atoms with Crippen LogP contribution >= 0.6 is 0 Å². The molecule has 23 heavy (non-hydrogen) atoms. The SMILES string of the molecule is Cc1cccc(OCCOC(=O)c2ccc([N+](=O)[O-])c(F)c2)c1. The Labute approximate surface area is 131 Å². The molecule has 2 rings (SSSR count). The van der Waals surface area contributed by atoms with Crippen LogP contribution < -0.4 is 4.74 Å². The van der Waals surface area contributed by atoms with Crippen LogP contribution in [0.25, 0.3) is 0 Å². The second-order valence-electron chi connectivity index (χ2n) is 4.72. The van der Waals surface area contributed by atoms with Crippen molar-refractivity contribution in [2.24, 2.45) is 0 Å². The minimum absolute atomic E-state index is 0.0224. The summed E-state index contributed by atoms with van der Waals surface area (Å²) in [6.45, 7) is 2.05. The van der Waals surface area contributed by atoms with E-state index in [2.05, 4.69) is 0 Å². The van der Waals surface area contributed by atoms with Crippen molar-refractivity contribution in [1.29, 1.82) is 0 Å². The molecule has 120 valence electrons. The number of benzene rings is 2. The molecule has 0 radical (unpaired) electrons. The maximum absolute atomic E-state index is 13.4. The van der Waals surface area contributed by atoms with Crippen molar-refractivity contribution >= 4 is 11.7 Å². The fourth-order valence-electron chi connectivity index (χ4n) is 1.86. The highest BCUT2D eigenvalue weighted by Gasteiger charge is 2.17. The number of rotatable bonds is 6. The van der Waals surface area contributed by atoms with Gasteiger partial charge in [-0.2, -0.15) is 4.39 Å². The lowest BCUT2D eigenvalue weighted by atomic mass is 10.2. The van der Waals surface area contributed by atoms with E-state index < -0.39 is 22.4 Å². The van der Waals surface area contributed by atoms with Gasteiger partial charge in [0, 0.05) is 6.07 Å². The summed E-state index contributed by atoms with van der Waals surface area (Å²) in [4.78, 5) is 21.4.